The lowest BCUT2D eigenvalue weighted by Crippen LogP contribution is -2.46. The maximum absolute atomic E-state index is 12.4. The third-order valence-electron chi connectivity index (χ3n) is 5.29. The van der Waals surface area contributed by atoms with E-state index >= 15 is 0 Å². The molecule has 0 spiro atoms. The zero-order valence-electron chi connectivity index (χ0n) is 14.6. The Hall–Kier alpha value is -1.88. The molecular weight excluding hydrogens is 304 g/mol. The minimum atomic E-state index is -0.120. The summed E-state index contributed by atoms with van der Waals surface area (Å²) in [6.07, 6.45) is 4.56. The van der Waals surface area contributed by atoms with Gasteiger partial charge in [-0.15, -0.1) is 0 Å². The smallest absolute Gasteiger partial charge is 0.251 e. The van der Waals surface area contributed by atoms with Crippen molar-refractivity contribution in [2.75, 3.05) is 18.5 Å². The normalized spacial score (nSPS) is 16.8. The molecule has 1 saturated carbocycles. The highest BCUT2D eigenvalue weighted by Crippen LogP contribution is 2.47. The van der Waals surface area contributed by atoms with Crippen molar-refractivity contribution in [2.24, 2.45) is 11.3 Å². The van der Waals surface area contributed by atoms with Gasteiger partial charge >= 0.3 is 0 Å². The molecule has 1 aromatic rings. The van der Waals surface area contributed by atoms with E-state index in [4.69, 9.17) is 0 Å². The summed E-state index contributed by atoms with van der Waals surface area (Å²) in [7, 11) is 0. The van der Waals surface area contributed by atoms with Crippen molar-refractivity contribution in [3.8, 4) is 0 Å². The molecule has 2 rings (SSSR count). The van der Waals surface area contributed by atoms with Gasteiger partial charge in [-0.2, -0.15) is 0 Å². The van der Waals surface area contributed by atoms with Gasteiger partial charge in [0.2, 0.25) is 5.91 Å². The Morgan fingerprint density at radius 3 is 2.67 bits per heavy atom. The number of amides is 2. The predicted molar refractivity (Wildman–Crippen MR) is 94.8 cm³/mol. The molecule has 0 aromatic heterocycles. The lowest BCUT2D eigenvalue weighted by molar-refractivity contribution is -0.115. The van der Waals surface area contributed by atoms with E-state index in [0.29, 0.717) is 30.1 Å². The van der Waals surface area contributed by atoms with Crippen LogP contribution in [-0.2, 0) is 4.79 Å². The number of aliphatic hydroxyl groups excluding tert-OH is 1. The van der Waals surface area contributed by atoms with Gasteiger partial charge in [-0.1, -0.05) is 26.3 Å². The Labute approximate surface area is 143 Å². The zero-order chi connectivity index (χ0) is 17.6. The average molecular weight is 332 g/mol. The molecule has 5 nitrogen and oxygen atoms in total. The summed E-state index contributed by atoms with van der Waals surface area (Å²) in [5, 5.41) is 15.0. The monoisotopic (exact) mass is 332 g/mol. The molecule has 5 heteroatoms. The summed E-state index contributed by atoms with van der Waals surface area (Å²) in [6, 6.07) is 7.00. The molecule has 0 aliphatic heterocycles. The summed E-state index contributed by atoms with van der Waals surface area (Å²) in [6.45, 7) is 4.77. The molecule has 1 fully saturated rings. The Morgan fingerprint density at radius 2 is 2.08 bits per heavy atom. The summed E-state index contributed by atoms with van der Waals surface area (Å²) >= 11 is 0. The molecule has 0 unspecified atom stereocenters. The molecular formula is C19H28N2O3. The van der Waals surface area contributed by atoms with Crippen molar-refractivity contribution in [3.63, 3.8) is 0 Å². The van der Waals surface area contributed by atoms with Crippen molar-refractivity contribution >= 4 is 17.5 Å². The first kappa shape index (κ1) is 18.5. The highest BCUT2D eigenvalue weighted by molar-refractivity contribution is 5.97. The average Bonchev–Trinajstić information content (AvgIpc) is 2.54. The maximum atomic E-state index is 12.4. The molecule has 0 saturated heterocycles. The van der Waals surface area contributed by atoms with Gasteiger partial charge in [0.1, 0.15) is 0 Å². The number of hydrogen-bond acceptors (Lipinski definition) is 3. The molecule has 1 atom stereocenters. The molecule has 0 bridgehead atoms. The number of nitrogens with one attached hydrogen (secondary N) is 2. The second-order valence-electron chi connectivity index (χ2n) is 6.79. The van der Waals surface area contributed by atoms with Crippen molar-refractivity contribution < 1.29 is 14.7 Å². The lowest BCUT2D eigenvalue weighted by Gasteiger charge is -2.47. The molecule has 0 heterocycles. The first-order valence-corrected chi connectivity index (χ1v) is 8.79. The van der Waals surface area contributed by atoms with Gasteiger partial charge in [0.15, 0.2) is 0 Å². The quantitative estimate of drug-likeness (QED) is 0.685. The van der Waals surface area contributed by atoms with Crippen LogP contribution in [0.2, 0.25) is 0 Å². The number of carbonyl (C=O) groups excluding carboxylic acids is 2. The van der Waals surface area contributed by atoms with Crippen molar-refractivity contribution in [3.05, 3.63) is 29.8 Å². The Morgan fingerprint density at radius 1 is 1.33 bits per heavy atom. The third-order valence-corrected chi connectivity index (χ3v) is 5.29. The van der Waals surface area contributed by atoms with Crippen LogP contribution >= 0.6 is 0 Å². The fourth-order valence-electron chi connectivity index (χ4n) is 3.32. The first-order valence-electron chi connectivity index (χ1n) is 8.79. The van der Waals surface area contributed by atoms with E-state index in [1.807, 2.05) is 0 Å². The molecule has 132 valence electrons. The first-order chi connectivity index (χ1) is 11.5. The van der Waals surface area contributed by atoms with Crippen molar-refractivity contribution in [2.45, 2.75) is 46.0 Å². The maximum Gasteiger partial charge on any atom is 0.251 e. The molecule has 1 aliphatic rings. The van der Waals surface area contributed by atoms with Crippen LogP contribution in [0.15, 0.2) is 24.3 Å². The van der Waals surface area contributed by atoms with E-state index < -0.39 is 0 Å². The van der Waals surface area contributed by atoms with Crippen LogP contribution in [0.4, 0.5) is 5.69 Å². The molecule has 2 amide bonds. The van der Waals surface area contributed by atoms with Crippen LogP contribution in [0.5, 0.6) is 0 Å². The fourth-order valence-corrected chi connectivity index (χ4v) is 3.32. The lowest BCUT2D eigenvalue weighted by atomic mass is 9.60. The van der Waals surface area contributed by atoms with E-state index in [0.717, 1.165) is 19.3 Å². The van der Waals surface area contributed by atoms with Gasteiger partial charge in [0.25, 0.3) is 5.91 Å². The van der Waals surface area contributed by atoms with E-state index in [1.54, 1.807) is 31.2 Å². The highest BCUT2D eigenvalue weighted by atomic mass is 16.3. The standard InChI is InChI=1S/C19H28N2O3/c1-3-17(23)21-16-7-4-6-15(12-16)18(24)20-13-19(9-5-10-19)14(2)8-11-22/h4,6-7,12,14,22H,3,5,8-11,13H2,1-2H3,(H,20,24)(H,21,23)/t14-/m1/s1. The van der Waals surface area contributed by atoms with Gasteiger partial charge in [-0.25, -0.2) is 0 Å². The molecule has 24 heavy (non-hydrogen) atoms. The van der Waals surface area contributed by atoms with Gasteiger partial charge in [0.05, 0.1) is 0 Å². The van der Waals surface area contributed by atoms with Gasteiger partial charge in [0, 0.05) is 30.8 Å². The van der Waals surface area contributed by atoms with Crippen molar-refractivity contribution in [1.29, 1.82) is 0 Å². The predicted octanol–water partition coefficient (Wildman–Crippen LogP) is 2.95. The minimum Gasteiger partial charge on any atom is -0.396 e. The minimum absolute atomic E-state index is 0.0705. The summed E-state index contributed by atoms with van der Waals surface area (Å²) in [5.41, 5.74) is 1.31. The number of anilines is 1. The van der Waals surface area contributed by atoms with E-state index in [9.17, 15) is 14.7 Å². The van der Waals surface area contributed by atoms with Gasteiger partial charge in [-0.3, -0.25) is 9.59 Å². The number of aliphatic hydroxyl groups is 1. The number of benzene rings is 1. The van der Waals surface area contributed by atoms with E-state index in [2.05, 4.69) is 17.6 Å². The van der Waals surface area contributed by atoms with Crippen LogP contribution in [0, 0.1) is 11.3 Å². The summed E-state index contributed by atoms with van der Waals surface area (Å²) in [4.78, 5) is 23.9. The Kier molecular flexibility index (Phi) is 6.37. The van der Waals surface area contributed by atoms with E-state index in [-0.39, 0.29) is 23.8 Å². The SMILES string of the molecule is CCC(=O)Nc1cccc(C(=O)NCC2([C@H](C)CCO)CCC2)c1. The van der Waals surface area contributed by atoms with Gasteiger partial charge < -0.3 is 15.7 Å². The van der Waals surface area contributed by atoms with Crippen LogP contribution < -0.4 is 10.6 Å². The molecule has 1 aliphatic carbocycles. The topological polar surface area (TPSA) is 78.4 Å². The second kappa shape index (κ2) is 8.29. The number of rotatable bonds is 8. The summed E-state index contributed by atoms with van der Waals surface area (Å²) < 4.78 is 0. The largest absolute Gasteiger partial charge is 0.396 e. The highest BCUT2D eigenvalue weighted by Gasteiger charge is 2.41. The van der Waals surface area contributed by atoms with Gasteiger partial charge in [-0.05, 0) is 48.8 Å². The molecule has 3 N–H and O–H groups in total. The fraction of sp³-hybridized carbons (Fsp3) is 0.579. The van der Waals surface area contributed by atoms with Crippen LogP contribution in [0.3, 0.4) is 0 Å². The Balaban J connectivity index is 1.97. The zero-order valence-corrected chi connectivity index (χ0v) is 14.6. The van der Waals surface area contributed by atoms with Crippen molar-refractivity contribution in [1.82, 2.24) is 5.32 Å². The van der Waals surface area contributed by atoms with Crippen LogP contribution in [0.1, 0.15) is 56.3 Å². The number of carbonyl (C=O) groups is 2. The van der Waals surface area contributed by atoms with E-state index in [1.165, 1.54) is 6.42 Å². The van der Waals surface area contributed by atoms with Crippen LogP contribution in [0.25, 0.3) is 0 Å². The summed E-state index contributed by atoms with van der Waals surface area (Å²) in [5.74, 6) is 0.204. The molecule has 1 aromatic carbocycles. The third kappa shape index (κ3) is 4.35. The second-order valence-corrected chi connectivity index (χ2v) is 6.79. The Bertz CT molecular complexity index is 582. The van der Waals surface area contributed by atoms with Crippen LogP contribution in [-0.4, -0.2) is 30.1 Å². The number of hydrogen-bond donors (Lipinski definition) is 3. The molecule has 0 radical (unpaired) electrons.